The van der Waals surface area contributed by atoms with Crippen molar-refractivity contribution in [2.24, 2.45) is 0 Å². The quantitative estimate of drug-likeness (QED) is 0.837. The molecule has 0 fully saturated rings. The van der Waals surface area contributed by atoms with Gasteiger partial charge in [0.2, 0.25) is 0 Å². The highest BCUT2D eigenvalue weighted by Crippen LogP contribution is 2.30. The van der Waals surface area contributed by atoms with Crippen LogP contribution in [0.5, 0.6) is 0 Å². The van der Waals surface area contributed by atoms with Crippen LogP contribution in [0.1, 0.15) is 29.4 Å². The first-order chi connectivity index (χ1) is 11.7. The minimum atomic E-state index is -4.57. The summed E-state index contributed by atoms with van der Waals surface area (Å²) >= 11 is 0. The minimum Gasteiger partial charge on any atom is -0.469 e. The Morgan fingerprint density at radius 1 is 1.32 bits per heavy atom. The molecule has 1 N–H and O–H groups in total. The van der Waals surface area contributed by atoms with Crippen LogP contribution < -0.4 is 5.32 Å². The van der Waals surface area contributed by atoms with Crippen molar-refractivity contribution in [3.8, 4) is 5.69 Å². The first-order valence-electron chi connectivity index (χ1n) is 7.31. The lowest BCUT2D eigenvalue weighted by molar-refractivity contribution is -0.143. The molecule has 0 bridgehead atoms. The summed E-state index contributed by atoms with van der Waals surface area (Å²) in [6.45, 7) is 1.62. The summed E-state index contributed by atoms with van der Waals surface area (Å²) in [4.78, 5) is 23.4. The lowest BCUT2D eigenvalue weighted by Gasteiger charge is -2.14. The molecule has 0 radical (unpaired) electrons. The third-order valence-electron chi connectivity index (χ3n) is 3.36. The maximum absolute atomic E-state index is 13.0. The molecule has 2 aromatic rings. The number of hydrogen-bond donors (Lipinski definition) is 1. The number of hydrogen-bond acceptors (Lipinski definition) is 4. The topological polar surface area (TPSA) is 73.2 Å². The molecule has 1 amide bonds. The number of nitrogens with zero attached hydrogens (tertiary/aromatic N) is 2. The number of amides is 1. The molecule has 0 spiro atoms. The van der Waals surface area contributed by atoms with Gasteiger partial charge >= 0.3 is 12.1 Å². The number of esters is 1. The van der Waals surface area contributed by atoms with Crippen LogP contribution >= 0.6 is 0 Å². The molecule has 1 aromatic carbocycles. The van der Waals surface area contributed by atoms with E-state index in [0.717, 1.165) is 12.3 Å². The van der Waals surface area contributed by atoms with Crippen molar-refractivity contribution in [2.75, 3.05) is 7.11 Å². The Balaban J connectivity index is 2.21. The lowest BCUT2D eigenvalue weighted by Crippen LogP contribution is -2.34. The molecule has 1 aromatic heterocycles. The molecule has 0 aliphatic carbocycles. The molecular weight excluding hydrogens is 339 g/mol. The fourth-order valence-corrected chi connectivity index (χ4v) is 2.19. The van der Waals surface area contributed by atoms with E-state index in [2.05, 4.69) is 15.2 Å². The number of alkyl halides is 3. The van der Waals surface area contributed by atoms with Crippen LogP contribution in [0.15, 0.2) is 36.5 Å². The second-order valence-corrected chi connectivity index (χ2v) is 5.33. The SMILES string of the molecule is COC(=O)C[C@@H](C)NC(=O)c1cccc(-n2nccc2C(F)(F)F)c1. The van der Waals surface area contributed by atoms with E-state index in [1.54, 1.807) is 6.92 Å². The standard InChI is InChI=1S/C16H16F3N3O3/c1-10(8-14(23)25-2)21-15(24)11-4-3-5-12(9-11)22-13(6-7-20-22)16(17,18)19/h3-7,9-10H,8H2,1-2H3,(H,21,24)/t10-/m1/s1. The third kappa shape index (κ3) is 4.59. The van der Waals surface area contributed by atoms with Crippen LogP contribution in [0.4, 0.5) is 13.2 Å². The average Bonchev–Trinajstić information content (AvgIpc) is 3.04. The highest BCUT2D eigenvalue weighted by atomic mass is 19.4. The summed E-state index contributed by atoms with van der Waals surface area (Å²) in [6.07, 6.45) is -3.54. The van der Waals surface area contributed by atoms with Crippen LogP contribution in [0, 0.1) is 0 Å². The van der Waals surface area contributed by atoms with Crippen LogP contribution in [0.25, 0.3) is 5.69 Å². The largest absolute Gasteiger partial charge is 0.469 e. The molecule has 2 rings (SSSR count). The second-order valence-electron chi connectivity index (χ2n) is 5.33. The monoisotopic (exact) mass is 355 g/mol. The van der Waals surface area contributed by atoms with Gasteiger partial charge in [-0.3, -0.25) is 9.59 Å². The van der Waals surface area contributed by atoms with Crippen molar-refractivity contribution in [1.29, 1.82) is 0 Å². The van der Waals surface area contributed by atoms with E-state index in [4.69, 9.17) is 0 Å². The molecule has 134 valence electrons. The Bertz CT molecular complexity index is 771. The van der Waals surface area contributed by atoms with Crippen molar-refractivity contribution >= 4 is 11.9 Å². The summed E-state index contributed by atoms with van der Waals surface area (Å²) in [5.74, 6) is -0.994. The molecule has 9 heteroatoms. The Morgan fingerprint density at radius 2 is 2.04 bits per heavy atom. The zero-order valence-electron chi connectivity index (χ0n) is 13.5. The maximum Gasteiger partial charge on any atom is 0.433 e. The Morgan fingerprint density at radius 3 is 2.68 bits per heavy atom. The zero-order valence-corrected chi connectivity index (χ0v) is 13.5. The lowest BCUT2D eigenvalue weighted by atomic mass is 10.1. The van der Waals surface area contributed by atoms with Gasteiger partial charge in [0.1, 0.15) is 5.69 Å². The first kappa shape index (κ1) is 18.5. The predicted octanol–water partition coefficient (Wildman–Crippen LogP) is 2.57. The van der Waals surface area contributed by atoms with Gasteiger partial charge in [0.25, 0.3) is 5.91 Å². The van der Waals surface area contributed by atoms with E-state index in [-0.39, 0.29) is 17.7 Å². The molecule has 0 aliphatic rings. The molecule has 0 saturated heterocycles. The van der Waals surface area contributed by atoms with E-state index in [1.807, 2.05) is 0 Å². The van der Waals surface area contributed by atoms with Crippen molar-refractivity contribution < 1.29 is 27.5 Å². The number of carbonyl (C=O) groups is 2. The smallest absolute Gasteiger partial charge is 0.433 e. The summed E-state index contributed by atoms with van der Waals surface area (Å²) in [7, 11) is 1.24. The van der Waals surface area contributed by atoms with Gasteiger partial charge in [0.15, 0.2) is 0 Å². The molecular formula is C16H16F3N3O3. The summed E-state index contributed by atoms with van der Waals surface area (Å²) in [5, 5.41) is 6.26. The van der Waals surface area contributed by atoms with Gasteiger partial charge in [0, 0.05) is 11.6 Å². The van der Waals surface area contributed by atoms with E-state index >= 15 is 0 Å². The molecule has 0 unspecified atom stereocenters. The molecule has 0 aliphatic heterocycles. The van der Waals surface area contributed by atoms with Gasteiger partial charge in [0.05, 0.1) is 25.4 Å². The highest BCUT2D eigenvalue weighted by Gasteiger charge is 2.35. The number of ether oxygens (including phenoxy) is 1. The fourth-order valence-electron chi connectivity index (χ4n) is 2.19. The molecule has 0 saturated carbocycles. The first-order valence-corrected chi connectivity index (χ1v) is 7.31. The molecule has 1 atom stereocenters. The van der Waals surface area contributed by atoms with Gasteiger partial charge in [-0.2, -0.15) is 18.3 Å². The van der Waals surface area contributed by atoms with Crippen molar-refractivity contribution in [3.63, 3.8) is 0 Å². The van der Waals surface area contributed by atoms with Gasteiger partial charge in [-0.05, 0) is 31.2 Å². The molecule has 1 heterocycles. The molecule has 6 nitrogen and oxygen atoms in total. The van der Waals surface area contributed by atoms with E-state index in [9.17, 15) is 22.8 Å². The van der Waals surface area contributed by atoms with Crippen LogP contribution in [0.3, 0.4) is 0 Å². The van der Waals surface area contributed by atoms with Gasteiger partial charge < -0.3 is 10.1 Å². The van der Waals surface area contributed by atoms with Gasteiger partial charge in [-0.25, -0.2) is 4.68 Å². The normalized spacial score (nSPS) is 12.5. The number of rotatable bonds is 5. The predicted molar refractivity (Wildman–Crippen MR) is 82.1 cm³/mol. The van der Waals surface area contributed by atoms with Crippen molar-refractivity contribution in [3.05, 3.63) is 47.8 Å². The highest BCUT2D eigenvalue weighted by molar-refractivity contribution is 5.95. The minimum absolute atomic E-state index is 0.0146. The number of carbonyl (C=O) groups excluding carboxylic acids is 2. The van der Waals surface area contributed by atoms with Crippen LogP contribution in [0.2, 0.25) is 0 Å². The van der Waals surface area contributed by atoms with Crippen LogP contribution in [-0.4, -0.2) is 34.8 Å². The van der Waals surface area contributed by atoms with Gasteiger partial charge in [-0.1, -0.05) is 6.07 Å². The summed E-state index contributed by atoms with van der Waals surface area (Å²) < 4.78 is 44.1. The number of halogens is 3. The molecule has 25 heavy (non-hydrogen) atoms. The number of benzene rings is 1. The van der Waals surface area contributed by atoms with Gasteiger partial charge in [-0.15, -0.1) is 0 Å². The fraction of sp³-hybridized carbons (Fsp3) is 0.312. The Labute approximate surface area is 141 Å². The van der Waals surface area contributed by atoms with Crippen molar-refractivity contribution in [2.45, 2.75) is 25.6 Å². The van der Waals surface area contributed by atoms with Crippen molar-refractivity contribution in [1.82, 2.24) is 15.1 Å². The van der Waals surface area contributed by atoms with Crippen LogP contribution in [-0.2, 0) is 15.7 Å². The van der Waals surface area contributed by atoms with E-state index < -0.39 is 29.8 Å². The number of methoxy groups -OCH3 is 1. The second kappa shape index (κ2) is 7.37. The summed E-state index contributed by atoms with van der Waals surface area (Å²) in [6, 6.07) is 5.99. The van der Waals surface area contributed by atoms with E-state index in [0.29, 0.717) is 4.68 Å². The summed E-state index contributed by atoms with van der Waals surface area (Å²) in [5.41, 5.74) is -0.687. The zero-order chi connectivity index (χ0) is 18.6. The number of nitrogens with one attached hydrogen (secondary N) is 1. The Kier molecular flexibility index (Phi) is 5.45. The Hall–Kier alpha value is -2.84. The maximum atomic E-state index is 13.0. The third-order valence-corrected chi connectivity index (χ3v) is 3.36. The number of aromatic nitrogens is 2. The average molecular weight is 355 g/mol. The van der Waals surface area contributed by atoms with E-state index in [1.165, 1.54) is 31.4 Å².